The van der Waals surface area contributed by atoms with Crippen molar-refractivity contribution in [2.24, 2.45) is 23.7 Å². The Kier molecular flexibility index (Phi) is 7.64. The molecule has 0 aromatic carbocycles. The predicted molar refractivity (Wildman–Crippen MR) is 70.2 cm³/mol. The van der Waals surface area contributed by atoms with Crippen LogP contribution in [0.2, 0.25) is 0 Å². The standard InChI is InChI=1S/C14H26O4/c1-6-18-14(17)12(8-10(4)5)11(13(15)16)7-9(2)3/h9-12H,6-8H2,1-5H3,(H,15,16). The van der Waals surface area contributed by atoms with Gasteiger partial charge in [-0.15, -0.1) is 0 Å². The molecule has 2 unspecified atom stereocenters. The zero-order chi connectivity index (χ0) is 14.3. The maximum Gasteiger partial charge on any atom is 0.309 e. The second-order valence-electron chi connectivity index (χ2n) is 5.56. The second kappa shape index (κ2) is 8.11. The molecule has 0 amide bonds. The third-order valence-corrected chi connectivity index (χ3v) is 2.84. The Balaban J connectivity index is 4.96. The first-order valence-electron chi connectivity index (χ1n) is 6.68. The molecule has 0 aliphatic heterocycles. The zero-order valence-corrected chi connectivity index (χ0v) is 12.1. The van der Waals surface area contributed by atoms with Crippen molar-refractivity contribution in [3.63, 3.8) is 0 Å². The molecule has 0 aliphatic carbocycles. The van der Waals surface area contributed by atoms with Crippen molar-refractivity contribution in [3.05, 3.63) is 0 Å². The molecule has 1 N–H and O–H groups in total. The number of hydrogen-bond acceptors (Lipinski definition) is 3. The highest BCUT2D eigenvalue weighted by molar-refractivity contribution is 5.81. The average molecular weight is 258 g/mol. The normalized spacial score (nSPS) is 14.6. The van der Waals surface area contributed by atoms with Gasteiger partial charge in [0, 0.05) is 0 Å². The summed E-state index contributed by atoms with van der Waals surface area (Å²) < 4.78 is 5.02. The number of ether oxygens (including phenoxy) is 1. The third kappa shape index (κ3) is 6.03. The molecule has 0 radical (unpaired) electrons. The molecule has 0 spiro atoms. The van der Waals surface area contributed by atoms with E-state index in [1.165, 1.54) is 0 Å². The lowest BCUT2D eigenvalue weighted by Crippen LogP contribution is -2.33. The minimum atomic E-state index is -0.901. The van der Waals surface area contributed by atoms with Crippen molar-refractivity contribution in [3.8, 4) is 0 Å². The van der Waals surface area contributed by atoms with Gasteiger partial charge in [0.05, 0.1) is 18.4 Å². The van der Waals surface area contributed by atoms with Gasteiger partial charge in [-0.2, -0.15) is 0 Å². The van der Waals surface area contributed by atoms with Crippen LogP contribution < -0.4 is 0 Å². The molecule has 0 saturated heterocycles. The summed E-state index contributed by atoms with van der Waals surface area (Å²) in [5.74, 6) is -1.94. The molecule has 4 heteroatoms. The minimum absolute atomic E-state index is 0.246. The summed E-state index contributed by atoms with van der Waals surface area (Å²) >= 11 is 0. The monoisotopic (exact) mass is 258 g/mol. The van der Waals surface area contributed by atoms with E-state index in [0.717, 1.165) is 0 Å². The molecule has 0 aliphatic rings. The summed E-state index contributed by atoms with van der Waals surface area (Å²) in [6.07, 6.45) is 1.06. The maximum absolute atomic E-state index is 11.9. The van der Waals surface area contributed by atoms with E-state index in [0.29, 0.717) is 19.4 Å². The Morgan fingerprint density at radius 2 is 1.44 bits per heavy atom. The summed E-state index contributed by atoms with van der Waals surface area (Å²) in [6, 6.07) is 0. The molecule has 0 aromatic heterocycles. The molecule has 106 valence electrons. The van der Waals surface area contributed by atoms with Crippen LogP contribution in [0.15, 0.2) is 0 Å². The smallest absolute Gasteiger partial charge is 0.309 e. The van der Waals surface area contributed by atoms with E-state index < -0.39 is 17.8 Å². The topological polar surface area (TPSA) is 63.6 Å². The van der Waals surface area contributed by atoms with Crippen molar-refractivity contribution in [2.45, 2.75) is 47.5 Å². The number of hydrogen-bond donors (Lipinski definition) is 1. The molecule has 0 fully saturated rings. The largest absolute Gasteiger partial charge is 0.481 e. The van der Waals surface area contributed by atoms with E-state index in [1.54, 1.807) is 6.92 Å². The van der Waals surface area contributed by atoms with Crippen molar-refractivity contribution in [1.29, 1.82) is 0 Å². The van der Waals surface area contributed by atoms with Gasteiger partial charge >= 0.3 is 11.9 Å². The number of rotatable bonds is 8. The number of carboxylic acids is 1. The molecule has 0 aromatic rings. The van der Waals surface area contributed by atoms with Crippen LogP contribution in [0.5, 0.6) is 0 Å². The summed E-state index contributed by atoms with van der Waals surface area (Å²) in [5, 5.41) is 9.31. The summed E-state index contributed by atoms with van der Waals surface area (Å²) in [6.45, 7) is 9.94. The number of carbonyl (C=O) groups is 2. The van der Waals surface area contributed by atoms with Crippen LogP contribution >= 0.6 is 0 Å². The maximum atomic E-state index is 11.9. The van der Waals surface area contributed by atoms with E-state index in [9.17, 15) is 14.7 Å². The van der Waals surface area contributed by atoms with Crippen LogP contribution in [-0.4, -0.2) is 23.7 Å². The Bertz CT molecular complexity index is 271. The lowest BCUT2D eigenvalue weighted by Gasteiger charge is -2.25. The van der Waals surface area contributed by atoms with Crippen LogP contribution in [0.4, 0.5) is 0 Å². The van der Waals surface area contributed by atoms with Crippen LogP contribution in [0.3, 0.4) is 0 Å². The Morgan fingerprint density at radius 3 is 1.78 bits per heavy atom. The molecule has 2 atom stereocenters. The second-order valence-corrected chi connectivity index (χ2v) is 5.56. The van der Waals surface area contributed by atoms with Gasteiger partial charge in [0.1, 0.15) is 0 Å². The molecule has 0 heterocycles. The van der Waals surface area contributed by atoms with E-state index in [1.807, 2.05) is 27.7 Å². The number of aliphatic carboxylic acids is 1. The molecule has 18 heavy (non-hydrogen) atoms. The molecular formula is C14H26O4. The molecule has 0 rings (SSSR count). The van der Waals surface area contributed by atoms with E-state index in [2.05, 4.69) is 0 Å². The Labute approximate surface area is 110 Å². The first kappa shape index (κ1) is 16.9. The van der Waals surface area contributed by atoms with Crippen LogP contribution in [0.25, 0.3) is 0 Å². The summed E-state index contributed by atoms with van der Waals surface area (Å²) in [5.41, 5.74) is 0. The van der Waals surface area contributed by atoms with Gasteiger partial charge in [0.25, 0.3) is 0 Å². The van der Waals surface area contributed by atoms with Crippen molar-refractivity contribution < 1.29 is 19.4 Å². The molecular weight excluding hydrogens is 232 g/mol. The first-order valence-corrected chi connectivity index (χ1v) is 6.68. The van der Waals surface area contributed by atoms with Crippen molar-refractivity contribution >= 4 is 11.9 Å². The summed E-state index contributed by atoms with van der Waals surface area (Å²) in [4.78, 5) is 23.3. The van der Waals surface area contributed by atoms with Crippen LogP contribution in [-0.2, 0) is 14.3 Å². The van der Waals surface area contributed by atoms with Crippen LogP contribution in [0.1, 0.15) is 47.5 Å². The zero-order valence-electron chi connectivity index (χ0n) is 12.1. The fourth-order valence-corrected chi connectivity index (χ4v) is 2.13. The third-order valence-electron chi connectivity index (χ3n) is 2.84. The van der Waals surface area contributed by atoms with Gasteiger partial charge in [0.15, 0.2) is 0 Å². The summed E-state index contributed by atoms with van der Waals surface area (Å²) in [7, 11) is 0. The SMILES string of the molecule is CCOC(=O)C(CC(C)C)C(CC(C)C)C(=O)O. The predicted octanol–water partition coefficient (Wildman–Crippen LogP) is 2.96. The molecule has 4 nitrogen and oxygen atoms in total. The van der Waals surface area contributed by atoms with E-state index in [-0.39, 0.29) is 17.8 Å². The van der Waals surface area contributed by atoms with Gasteiger partial charge in [-0.1, -0.05) is 27.7 Å². The highest BCUT2D eigenvalue weighted by atomic mass is 16.5. The average Bonchev–Trinajstić information content (AvgIpc) is 2.22. The lowest BCUT2D eigenvalue weighted by molar-refractivity contribution is -0.158. The highest BCUT2D eigenvalue weighted by Crippen LogP contribution is 2.28. The van der Waals surface area contributed by atoms with E-state index in [4.69, 9.17) is 4.74 Å². The molecule has 0 bridgehead atoms. The van der Waals surface area contributed by atoms with Crippen LogP contribution in [0, 0.1) is 23.7 Å². The number of carboxylic acid groups (broad SMARTS) is 1. The fraction of sp³-hybridized carbons (Fsp3) is 0.857. The lowest BCUT2D eigenvalue weighted by atomic mass is 9.81. The number of carbonyl (C=O) groups excluding carboxylic acids is 1. The fourth-order valence-electron chi connectivity index (χ4n) is 2.13. The quantitative estimate of drug-likeness (QED) is 0.680. The van der Waals surface area contributed by atoms with Crippen molar-refractivity contribution in [2.75, 3.05) is 6.61 Å². The minimum Gasteiger partial charge on any atom is -0.481 e. The first-order chi connectivity index (χ1) is 8.29. The van der Waals surface area contributed by atoms with E-state index >= 15 is 0 Å². The highest BCUT2D eigenvalue weighted by Gasteiger charge is 2.35. The van der Waals surface area contributed by atoms with Gasteiger partial charge in [-0.3, -0.25) is 9.59 Å². The Morgan fingerprint density at radius 1 is 1.00 bits per heavy atom. The van der Waals surface area contributed by atoms with Crippen molar-refractivity contribution in [1.82, 2.24) is 0 Å². The van der Waals surface area contributed by atoms with Gasteiger partial charge in [0.2, 0.25) is 0 Å². The van der Waals surface area contributed by atoms with Gasteiger partial charge < -0.3 is 9.84 Å². The number of esters is 1. The molecule has 0 saturated carbocycles. The van der Waals surface area contributed by atoms with Gasteiger partial charge in [-0.25, -0.2) is 0 Å². The Hall–Kier alpha value is -1.06. The van der Waals surface area contributed by atoms with Gasteiger partial charge in [-0.05, 0) is 31.6 Å².